The molecule has 3 nitrogen and oxygen atoms in total. The van der Waals surface area contributed by atoms with E-state index < -0.39 is 0 Å². The standard InChI is InChI=1S/C11H15ClN2O/c1-14(9-4-5-15-7-9)11-6-8(12)2-3-10(11)13/h2-3,6,9H,4-5,7,13H2,1H3. The zero-order valence-corrected chi connectivity index (χ0v) is 9.50. The van der Waals surface area contributed by atoms with Crippen molar-refractivity contribution in [3.05, 3.63) is 23.2 Å². The predicted molar refractivity (Wildman–Crippen MR) is 63.5 cm³/mol. The van der Waals surface area contributed by atoms with Crippen LogP contribution in [0.1, 0.15) is 6.42 Å². The molecule has 2 N–H and O–H groups in total. The SMILES string of the molecule is CN(c1cc(Cl)ccc1N)C1CCOC1. The number of nitrogen functional groups attached to an aromatic ring is 1. The first kappa shape index (κ1) is 10.6. The van der Waals surface area contributed by atoms with Crippen LogP contribution in [0.25, 0.3) is 0 Å². The van der Waals surface area contributed by atoms with Crippen LogP contribution in [0.4, 0.5) is 11.4 Å². The zero-order valence-electron chi connectivity index (χ0n) is 8.74. The van der Waals surface area contributed by atoms with E-state index in [9.17, 15) is 0 Å². The molecular formula is C11H15ClN2O. The summed E-state index contributed by atoms with van der Waals surface area (Å²) >= 11 is 5.95. The lowest BCUT2D eigenvalue weighted by molar-refractivity contribution is 0.193. The molecule has 0 radical (unpaired) electrons. The van der Waals surface area contributed by atoms with E-state index in [-0.39, 0.29) is 0 Å². The van der Waals surface area contributed by atoms with Crippen molar-refractivity contribution < 1.29 is 4.74 Å². The van der Waals surface area contributed by atoms with Gasteiger partial charge in [0.1, 0.15) is 0 Å². The first-order valence-corrected chi connectivity index (χ1v) is 5.42. The van der Waals surface area contributed by atoms with Crippen LogP contribution in [-0.4, -0.2) is 26.3 Å². The minimum absolute atomic E-state index is 0.408. The van der Waals surface area contributed by atoms with Gasteiger partial charge in [-0.3, -0.25) is 0 Å². The summed E-state index contributed by atoms with van der Waals surface area (Å²) in [5, 5.41) is 0.713. The highest BCUT2D eigenvalue weighted by atomic mass is 35.5. The molecule has 0 aromatic heterocycles. The van der Waals surface area contributed by atoms with Gasteiger partial charge >= 0.3 is 0 Å². The van der Waals surface area contributed by atoms with Gasteiger partial charge < -0.3 is 15.4 Å². The largest absolute Gasteiger partial charge is 0.397 e. The number of nitrogens with two attached hydrogens (primary N) is 1. The second kappa shape index (κ2) is 4.29. The maximum Gasteiger partial charge on any atom is 0.0670 e. The molecule has 1 saturated heterocycles. The second-order valence-electron chi connectivity index (χ2n) is 3.83. The Morgan fingerprint density at radius 3 is 3.00 bits per heavy atom. The number of likely N-dealkylation sites (N-methyl/N-ethyl adjacent to an activating group) is 1. The topological polar surface area (TPSA) is 38.5 Å². The van der Waals surface area contributed by atoms with Crippen LogP contribution in [0.15, 0.2) is 18.2 Å². The third-order valence-corrected chi connectivity index (χ3v) is 3.06. The molecule has 1 aromatic rings. The van der Waals surface area contributed by atoms with Crippen molar-refractivity contribution in [3.8, 4) is 0 Å². The summed E-state index contributed by atoms with van der Waals surface area (Å²) < 4.78 is 5.35. The Hall–Kier alpha value is -0.930. The van der Waals surface area contributed by atoms with Gasteiger partial charge in [0.2, 0.25) is 0 Å². The minimum atomic E-state index is 0.408. The lowest BCUT2D eigenvalue weighted by Crippen LogP contribution is -2.32. The highest BCUT2D eigenvalue weighted by Gasteiger charge is 2.21. The van der Waals surface area contributed by atoms with Crippen molar-refractivity contribution in [2.75, 3.05) is 30.9 Å². The van der Waals surface area contributed by atoms with Gasteiger partial charge in [-0.2, -0.15) is 0 Å². The van der Waals surface area contributed by atoms with Crippen molar-refractivity contribution in [2.45, 2.75) is 12.5 Å². The van der Waals surface area contributed by atoms with Crippen LogP contribution in [-0.2, 0) is 4.74 Å². The monoisotopic (exact) mass is 226 g/mol. The van der Waals surface area contributed by atoms with Crippen LogP contribution in [0.5, 0.6) is 0 Å². The van der Waals surface area contributed by atoms with E-state index in [0.717, 1.165) is 31.0 Å². The summed E-state index contributed by atoms with van der Waals surface area (Å²) in [6.45, 7) is 1.60. The molecule has 1 heterocycles. The van der Waals surface area contributed by atoms with Crippen molar-refractivity contribution >= 4 is 23.0 Å². The summed E-state index contributed by atoms with van der Waals surface area (Å²) in [4.78, 5) is 2.15. The molecule has 1 unspecified atom stereocenters. The lowest BCUT2D eigenvalue weighted by Gasteiger charge is -2.26. The molecule has 4 heteroatoms. The smallest absolute Gasteiger partial charge is 0.0670 e. The molecular weight excluding hydrogens is 212 g/mol. The molecule has 0 amide bonds. The zero-order chi connectivity index (χ0) is 10.8. The molecule has 0 saturated carbocycles. The summed E-state index contributed by atoms with van der Waals surface area (Å²) in [5.74, 6) is 0. The summed E-state index contributed by atoms with van der Waals surface area (Å²) in [7, 11) is 2.03. The molecule has 1 atom stereocenters. The Kier molecular flexibility index (Phi) is 3.03. The van der Waals surface area contributed by atoms with Gasteiger partial charge in [0.05, 0.1) is 24.0 Å². The highest BCUT2D eigenvalue weighted by Crippen LogP contribution is 2.29. The molecule has 1 fully saturated rings. The van der Waals surface area contributed by atoms with E-state index in [1.54, 1.807) is 6.07 Å². The molecule has 0 aliphatic carbocycles. The number of nitrogens with zero attached hydrogens (tertiary/aromatic N) is 1. The number of rotatable bonds is 2. The van der Waals surface area contributed by atoms with E-state index in [4.69, 9.17) is 22.1 Å². The van der Waals surface area contributed by atoms with Crippen molar-refractivity contribution in [1.82, 2.24) is 0 Å². The maximum atomic E-state index is 5.95. The molecule has 0 bridgehead atoms. The molecule has 82 valence electrons. The van der Waals surface area contributed by atoms with E-state index in [2.05, 4.69) is 4.90 Å². The molecule has 0 spiro atoms. The highest BCUT2D eigenvalue weighted by molar-refractivity contribution is 6.31. The fraction of sp³-hybridized carbons (Fsp3) is 0.455. The first-order valence-electron chi connectivity index (χ1n) is 5.04. The number of hydrogen-bond acceptors (Lipinski definition) is 3. The predicted octanol–water partition coefficient (Wildman–Crippen LogP) is 2.15. The third kappa shape index (κ3) is 2.19. The van der Waals surface area contributed by atoms with E-state index >= 15 is 0 Å². The summed E-state index contributed by atoms with van der Waals surface area (Å²) in [5.41, 5.74) is 7.66. The Morgan fingerprint density at radius 2 is 2.33 bits per heavy atom. The molecule has 2 rings (SSSR count). The van der Waals surface area contributed by atoms with Gasteiger partial charge in [0, 0.05) is 18.7 Å². The average molecular weight is 227 g/mol. The Morgan fingerprint density at radius 1 is 1.53 bits per heavy atom. The average Bonchev–Trinajstić information content (AvgIpc) is 2.74. The van der Waals surface area contributed by atoms with Gasteiger partial charge in [0.25, 0.3) is 0 Å². The fourth-order valence-corrected chi connectivity index (χ4v) is 2.01. The Labute approximate surface area is 94.8 Å². The van der Waals surface area contributed by atoms with Gasteiger partial charge in [-0.15, -0.1) is 0 Å². The minimum Gasteiger partial charge on any atom is -0.397 e. The molecule has 1 aliphatic heterocycles. The van der Waals surface area contributed by atoms with E-state index in [0.29, 0.717) is 11.1 Å². The van der Waals surface area contributed by atoms with Gasteiger partial charge in [0.15, 0.2) is 0 Å². The van der Waals surface area contributed by atoms with Gasteiger partial charge in [-0.25, -0.2) is 0 Å². The third-order valence-electron chi connectivity index (χ3n) is 2.83. The molecule has 1 aliphatic rings. The molecule has 1 aromatic carbocycles. The normalized spacial score (nSPS) is 20.5. The number of hydrogen-bond donors (Lipinski definition) is 1. The Balaban J connectivity index is 2.23. The quantitative estimate of drug-likeness (QED) is 0.786. The first-order chi connectivity index (χ1) is 7.18. The van der Waals surface area contributed by atoms with E-state index in [1.807, 2.05) is 19.2 Å². The van der Waals surface area contributed by atoms with Crippen LogP contribution in [0, 0.1) is 0 Å². The number of benzene rings is 1. The van der Waals surface area contributed by atoms with Crippen LogP contribution >= 0.6 is 11.6 Å². The van der Waals surface area contributed by atoms with Crippen molar-refractivity contribution in [3.63, 3.8) is 0 Å². The summed E-state index contributed by atoms with van der Waals surface area (Å²) in [6.07, 6.45) is 1.04. The van der Waals surface area contributed by atoms with Crippen molar-refractivity contribution in [1.29, 1.82) is 0 Å². The van der Waals surface area contributed by atoms with Gasteiger partial charge in [-0.05, 0) is 24.6 Å². The fourth-order valence-electron chi connectivity index (χ4n) is 1.85. The number of halogens is 1. The van der Waals surface area contributed by atoms with Crippen LogP contribution in [0.3, 0.4) is 0 Å². The second-order valence-corrected chi connectivity index (χ2v) is 4.27. The van der Waals surface area contributed by atoms with Gasteiger partial charge in [-0.1, -0.05) is 11.6 Å². The Bertz CT molecular complexity index is 350. The molecule has 15 heavy (non-hydrogen) atoms. The van der Waals surface area contributed by atoms with E-state index in [1.165, 1.54) is 0 Å². The van der Waals surface area contributed by atoms with Crippen LogP contribution in [0.2, 0.25) is 5.02 Å². The summed E-state index contributed by atoms with van der Waals surface area (Å²) in [6, 6.07) is 5.95. The maximum absolute atomic E-state index is 5.95. The van der Waals surface area contributed by atoms with Crippen LogP contribution < -0.4 is 10.6 Å². The van der Waals surface area contributed by atoms with Crippen molar-refractivity contribution in [2.24, 2.45) is 0 Å². The lowest BCUT2D eigenvalue weighted by atomic mass is 10.2. The number of ether oxygens (including phenoxy) is 1. The number of anilines is 2.